The molecule has 4 aliphatic heterocycles. The van der Waals surface area contributed by atoms with E-state index in [-0.39, 0.29) is 36.4 Å². The van der Waals surface area contributed by atoms with Crippen LogP contribution in [0.1, 0.15) is 93.4 Å². The molecule has 3 fully saturated rings. The molecule has 3 saturated heterocycles. The lowest BCUT2D eigenvalue weighted by Crippen LogP contribution is -2.61. The minimum Gasteiger partial charge on any atom is -0.462 e. The highest BCUT2D eigenvalue weighted by Crippen LogP contribution is 2.50. The van der Waals surface area contributed by atoms with E-state index in [1.165, 1.54) is 5.57 Å². The second-order valence-corrected chi connectivity index (χ2v) is 21.3. The van der Waals surface area contributed by atoms with Gasteiger partial charge in [0.1, 0.15) is 23.7 Å². The molecule has 0 radical (unpaired) electrons. The van der Waals surface area contributed by atoms with Crippen LogP contribution in [-0.2, 0) is 28.2 Å². The molecule has 0 amide bonds. The smallest absolute Gasteiger partial charge is 0.316 e. The molecule has 1 aliphatic carbocycles. The lowest BCUT2D eigenvalue weighted by atomic mass is 9.70. The fraction of sp³-hybridized carbons (Fsp3) is 0.763. The molecular weight excluding hydrogens is 612 g/mol. The third-order valence-electron chi connectivity index (χ3n) is 11.7. The lowest BCUT2D eigenvalue weighted by Gasteiger charge is -2.50. The Bertz CT molecular complexity index is 1280. The van der Waals surface area contributed by atoms with Crippen LogP contribution in [0.15, 0.2) is 47.1 Å². The maximum atomic E-state index is 14.4. The third-order valence-corrected chi connectivity index (χ3v) is 16.2. The molecule has 0 aromatic rings. The van der Waals surface area contributed by atoms with Gasteiger partial charge in [0, 0.05) is 19.3 Å². The molecule has 0 aromatic carbocycles. The van der Waals surface area contributed by atoms with Gasteiger partial charge in [-0.3, -0.25) is 4.79 Å². The zero-order valence-electron chi connectivity index (χ0n) is 30.2. The number of hydrogen-bond donors (Lipinski definition) is 2. The Morgan fingerprint density at radius 2 is 1.89 bits per heavy atom. The molecule has 4 heterocycles. The fourth-order valence-corrected chi connectivity index (χ4v) is 9.15. The summed E-state index contributed by atoms with van der Waals surface area (Å²) in [5, 5.41) is 23.3. The molecule has 47 heavy (non-hydrogen) atoms. The quantitative estimate of drug-likeness (QED) is 0.188. The van der Waals surface area contributed by atoms with Crippen molar-refractivity contribution in [3.05, 3.63) is 47.1 Å². The number of fused-ring (bicyclic) bond motifs is 2. The minimum absolute atomic E-state index is 0.0812. The maximum Gasteiger partial charge on any atom is 0.316 e. The summed E-state index contributed by atoms with van der Waals surface area (Å²) in [5.41, 5.74) is 0.741. The van der Waals surface area contributed by atoms with Crippen LogP contribution in [0.3, 0.4) is 0 Å². The summed E-state index contributed by atoms with van der Waals surface area (Å²) in [6, 6.07) is 0. The first-order chi connectivity index (χ1) is 22.0. The molecule has 264 valence electrons. The number of ether oxygens (including phenoxy) is 4. The van der Waals surface area contributed by atoms with Gasteiger partial charge in [0.2, 0.25) is 0 Å². The van der Waals surface area contributed by atoms with Gasteiger partial charge in [0.05, 0.1) is 31.5 Å². The van der Waals surface area contributed by atoms with E-state index in [4.69, 9.17) is 23.4 Å². The van der Waals surface area contributed by atoms with Gasteiger partial charge in [-0.1, -0.05) is 77.5 Å². The van der Waals surface area contributed by atoms with Gasteiger partial charge in [-0.2, -0.15) is 0 Å². The van der Waals surface area contributed by atoms with Gasteiger partial charge in [-0.05, 0) is 73.7 Å². The first-order valence-corrected chi connectivity index (χ1v) is 20.9. The number of aliphatic hydroxyl groups excluding tert-OH is 1. The van der Waals surface area contributed by atoms with Crippen molar-refractivity contribution < 1.29 is 38.4 Å². The molecule has 9 heteroatoms. The van der Waals surface area contributed by atoms with E-state index in [1.807, 2.05) is 12.2 Å². The topological polar surface area (TPSA) is 104 Å². The molecule has 0 saturated carbocycles. The second kappa shape index (κ2) is 14.0. The summed E-state index contributed by atoms with van der Waals surface area (Å²) in [6.07, 6.45) is 13.1. The van der Waals surface area contributed by atoms with Gasteiger partial charge >= 0.3 is 5.97 Å². The number of carbonyl (C=O) groups excluding carboxylic acids is 1. The zero-order valence-corrected chi connectivity index (χ0v) is 31.2. The average Bonchev–Trinajstić information content (AvgIpc) is 3.32. The Hall–Kier alpha value is -1.59. The van der Waals surface area contributed by atoms with Gasteiger partial charge < -0.3 is 33.6 Å². The van der Waals surface area contributed by atoms with Gasteiger partial charge in [-0.15, -0.1) is 0 Å². The molecule has 8 nitrogen and oxygen atoms in total. The Labute approximate surface area is 283 Å². The van der Waals surface area contributed by atoms with Crippen molar-refractivity contribution >= 4 is 14.3 Å². The summed E-state index contributed by atoms with van der Waals surface area (Å²) in [6.45, 7) is 19.3. The molecule has 2 bridgehead atoms. The van der Waals surface area contributed by atoms with Crippen LogP contribution >= 0.6 is 0 Å². The van der Waals surface area contributed by atoms with Gasteiger partial charge in [-0.25, -0.2) is 0 Å². The molecule has 0 unspecified atom stereocenters. The SMILES string of the molecule is CC[C@H]1O[C@]2(CC[C@@H]1C)C[C@@H]1C[C@@H](C/C=C(\C)C[C@@H](C)/C=C/C=C3\CO[C@@H]4[C@H](O[Si](C)(C)C(C)(C)C)C(CO)=C[C@@H](C(=O)O1)[C@]34O)O2. The van der Waals surface area contributed by atoms with E-state index in [9.17, 15) is 15.0 Å². The van der Waals surface area contributed by atoms with E-state index < -0.39 is 49.9 Å². The highest BCUT2D eigenvalue weighted by molar-refractivity contribution is 6.74. The maximum absolute atomic E-state index is 14.4. The molecule has 5 aliphatic rings. The molecule has 10 atom stereocenters. The van der Waals surface area contributed by atoms with Crippen LogP contribution in [0.25, 0.3) is 0 Å². The number of carbonyl (C=O) groups is 1. The van der Waals surface area contributed by atoms with E-state index >= 15 is 0 Å². The Balaban J connectivity index is 1.56. The Morgan fingerprint density at radius 3 is 2.57 bits per heavy atom. The van der Waals surface area contributed by atoms with Crippen LogP contribution < -0.4 is 0 Å². The molecule has 5 rings (SSSR count). The predicted octanol–water partition coefficient (Wildman–Crippen LogP) is 6.93. The minimum atomic E-state index is -2.37. The molecule has 1 spiro atoms. The summed E-state index contributed by atoms with van der Waals surface area (Å²) in [7, 11) is -2.37. The number of aliphatic hydroxyl groups is 2. The van der Waals surface area contributed by atoms with Crippen molar-refractivity contribution in [1.29, 1.82) is 0 Å². The van der Waals surface area contributed by atoms with E-state index in [0.717, 1.165) is 25.7 Å². The number of allylic oxidation sites excluding steroid dienone is 4. The number of esters is 1. The Kier molecular flexibility index (Phi) is 10.9. The Morgan fingerprint density at radius 1 is 1.15 bits per heavy atom. The van der Waals surface area contributed by atoms with Crippen molar-refractivity contribution in [3.8, 4) is 0 Å². The third kappa shape index (κ3) is 7.47. The summed E-state index contributed by atoms with van der Waals surface area (Å²) >= 11 is 0. The largest absolute Gasteiger partial charge is 0.462 e. The summed E-state index contributed by atoms with van der Waals surface area (Å²) < 4.78 is 33.1. The van der Waals surface area contributed by atoms with E-state index in [1.54, 1.807) is 6.08 Å². The summed E-state index contributed by atoms with van der Waals surface area (Å²) in [4.78, 5) is 14.4. The van der Waals surface area contributed by atoms with Gasteiger partial charge in [0.15, 0.2) is 14.1 Å². The zero-order chi connectivity index (χ0) is 34.4. The predicted molar refractivity (Wildman–Crippen MR) is 185 cm³/mol. The van der Waals surface area contributed by atoms with Crippen molar-refractivity contribution in [3.63, 3.8) is 0 Å². The fourth-order valence-electron chi connectivity index (χ4n) is 7.89. The van der Waals surface area contributed by atoms with Crippen molar-refractivity contribution in [2.45, 2.75) is 153 Å². The lowest BCUT2D eigenvalue weighted by molar-refractivity contribution is -0.335. The number of rotatable bonds is 4. The highest BCUT2D eigenvalue weighted by Gasteiger charge is 2.62. The monoisotopic (exact) mass is 672 g/mol. The molecule has 0 aromatic heterocycles. The standard InChI is InChI=1S/C38H60O8Si/c1-10-32-26(4)16-17-37(45-32)21-30-20-29(44-37)15-14-25(3)18-24(2)12-11-13-28-23-42-34-33(46-47(8,9)36(5,6)7)27(22-39)19-31(35(40)43-30)38(28,34)41/h11-14,19,24,26,29-34,39,41H,10,15-18,20-23H2,1-9H3/b12-11+,25-14+,28-13+/t24-,26-,29+,30-,31-,32+,33+,34+,37+,38+/m0/s1. The summed E-state index contributed by atoms with van der Waals surface area (Å²) in [5.74, 6) is -1.71. The average molecular weight is 673 g/mol. The van der Waals surface area contributed by atoms with Crippen molar-refractivity contribution in [2.24, 2.45) is 17.8 Å². The second-order valence-electron chi connectivity index (χ2n) is 16.5. The first kappa shape index (κ1) is 36.7. The van der Waals surface area contributed by atoms with Crippen LogP contribution in [0.2, 0.25) is 18.1 Å². The number of hydrogen-bond acceptors (Lipinski definition) is 8. The molecule has 2 N–H and O–H groups in total. The normalized spacial score (nSPS) is 43.2. The first-order valence-electron chi connectivity index (χ1n) is 17.9. The van der Waals surface area contributed by atoms with Crippen LogP contribution in [0.4, 0.5) is 0 Å². The van der Waals surface area contributed by atoms with E-state index in [2.05, 4.69) is 73.7 Å². The van der Waals surface area contributed by atoms with Crippen molar-refractivity contribution in [2.75, 3.05) is 13.2 Å². The van der Waals surface area contributed by atoms with Gasteiger partial charge in [0.25, 0.3) is 0 Å². The van der Waals surface area contributed by atoms with E-state index in [0.29, 0.717) is 36.3 Å². The molecular formula is C38H60O8Si. The van der Waals surface area contributed by atoms with Crippen molar-refractivity contribution in [1.82, 2.24) is 0 Å². The van der Waals surface area contributed by atoms with Crippen LogP contribution in [0, 0.1) is 17.8 Å². The van der Waals surface area contributed by atoms with Crippen LogP contribution in [-0.4, -0.2) is 79.6 Å². The highest BCUT2D eigenvalue weighted by atomic mass is 28.4. The van der Waals surface area contributed by atoms with Crippen LogP contribution in [0.5, 0.6) is 0 Å².